The first kappa shape index (κ1) is 29.5. The topological polar surface area (TPSA) is 127 Å². The van der Waals surface area contributed by atoms with E-state index in [1.165, 1.54) is 0 Å². The lowest BCUT2D eigenvalue weighted by atomic mass is 9.78. The van der Waals surface area contributed by atoms with Crippen LogP contribution in [0.2, 0.25) is 0 Å². The Bertz CT molecular complexity index is 1370. The third kappa shape index (κ3) is 6.79. The van der Waals surface area contributed by atoms with Crippen molar-refractivity contribution in [1.82, 2.24) is 20.3 Å². The lowest BCUT2D eigenvalue weighted by Crippen LogP contribution is -2.28. The highest BCUT2D eigenvalue weighted by atomic mass is 19.4. The molecule has 2 heterocycles. The SMILES string of the molecule is CC(C)c1oc([C@H](c2nc3ccc([C@@H](C)NC(=O)CCC(F)(F)F)cc3[nH]2)C2CCC(F)(F)CC2)nc1C(N)=O. The number of primary amides is 1. The molecule has 0 unspecified atom stereocenters. The van der Waals surface area contributed by atoms with Crippen LogP contribution >= 0.6 is 0 Å². The predicted molar refractivity (Wildman–Crippen MR) is 136 cm³/mol. The van der Waals surface area contributed by atoms with E-state index in [0.717, 1.165) is 0 Å². The summed E-state index contributed by atoms with van der Waals surface area (Å²) in [6, 6.07) is 4.53. The Hall–Kier alpha value is -3.51. The molecule has 8 nitrogen and oxygen atoms in total. The van der Waals surface area contributed by atoms with Crippen molar-refractivity contribution in [2.45, 2.75) is 89.3 Å². The second kappa shape index (κ2) is 11.2. The molecule has 2 amide bonds. The lowest BCUT2D eigenvalue weighted by molar-refractivity contribution is -0.144. The molecule has 0 saturated heterocycles. The molecule has 1 aromatic carbocycles. The molecule has 40 heavy (non-hydrogen) atoms. The Labute approximate surface area is 227 Å². The number of amides is 2. The van der Waals surface area contributed by atoms with Crippen molar-refractivity contribution in [2.75, 3.05) is 0 Å². The quantitative estimate of drug-likeness (QED) is 0.263. The zero-order chi connectivity index (χ0) is 29.4. The Morgan fingerprint density at radius 3 is 2.42 bits per heavy atom. The number of alkyl halides is 5. The van der Waals surface area contributed by atoms with Gasteiger partial charge in [0.25, 0.3) is 5.91 Å². The van der Waals surface area contributed by atoms with Crippen molar-refractivity contribution in [1.29, 1.82) is 0 Å². The maximum absolute atomic E-state index is 14.0. The van der Waals surface area contributed by atoms with Gasteiger partial charge in [0, 0.05) is 25.2 Å². The Balaban J connectivity index is 1.66. The standard InChI is InChI=1S/C27H32F5N5O3/c1-13(2)22-21(23(33)39)37-25(40-22)20(15-6-9-26(28,29)10-7-15)24-35-17-5-4-16(12-18(17)36-24)14(3)34-19(38)8-11-27(30,31)32/h4-5,12-15,20H,6-11H2,1-3H3,(H2,33,39)(H,34,38)(H,35,36)/t14-,20+/m1/s1. The first-order chi connectivity index (χ1) is 18.6. The number of nitrogens with one attached hydrogen (secondary N) is 2. The van der Waals surface area contributed by atoms with E-state index in [1.807, 2.05) is 13.8 Å². The average Bonchev–Trinajstić information content (AvgIpc) is 3.48. The number of rotatable bonds is 9. The van der Waals surface area contributed by atoms with E-state index in [4.69, 9.17) is 10.2 Å². The molecule has 218 valence electrons. The van der Waals surface area contributed by atoms with Gasteiger partial charge in [-0.05, 0) is 43.4 Å². The van der Waals surface area contributed by atoms with Gasteiger partial charge in [0.1, 0.15) is 11.6 Å². The van der Waals surface area contributed by atoms with E-state index < -0.39 is 48.7 Å². The molecular weight excluding hydrogens is 537 g/mol. The number of hydrogen-bond donors (Lipinski definition) is 3. The Kier molecular flexibility index (Phi) is 8.23. The largest absolute Gasteiger partial charge is 0.444 e. The van der Waals surface area contributed by atoms with Crippen LogP contribution in [0.1, 0.15) is 111 Å². The average molecular weight is 570 g/mol. The zero-order valence-corrected chi connectivity index (χ0v) is 22.4. The van der Waals surface area contributed by atoms with Crippen molar-refractivity contribution in [3.05, 3.63) is 46.9 Å². The summed E-state index contributed by atoms with van der Waals surface area (Å²) in [5, 5.41) is 2.57. The summed E-state index contributed by atoms with van der Waals surface area (Å²) < 4.78 is 71.4. The second-order valence-corrected chi connectivity index (χ2v) is 10.8. The van der Waals surface area contributed by atoms with Crippen LogP contribution in [0.5, 0.6) is 0 Å². The Morgan fingerprint density at radius 2 is 1.85 bits per heavy atom. The molecule has 0 spiro atoms. The van der Waals surface area contributed by atoms with E-state index in [2.05, 4.69) is 20.3 Å². The number of fused-ring (bicyclic) bond motifs is 1. The summed E-state index contributed by atoms with van der Waals surface area (Å²) in [7, 11) is 0. The van der Waals surface area contributed by atoms with Crippen molar-refractivity contribution < 1.29 is 36.0 Å². The summed E-state index contributed by atoms with van der Waals surface area (Å²) in [6.45, 7) is 5.29. The lowest BCUT2D eigenvalue weighted by Gasteiger charge is -2.31. The van der Waals surface area contributed by atoms with Gasteiger partial charge in [-0.1, -0.05) is 19.9 Å². The zero-order valence-electron chi connectivity index (χ0n) is 22.4. The number of aromatic nitrogens is 3. The van der Waals surface area contributed by atoms with Crippen molar-refractivity contribution in [3.8, 4) is 0 Å². The molecule has 3 aromatic rings. The first-order valence-corrected chi connectivity index (χ1v) is 13.2. The second-order valence-electron chi connectivity index (χ2n) is 10.8. The summed E-state index contributed by atoms with van der Waals surface area (Å²) in [4.78, 5) is 36.3. The van der Waals surface area contributed by atoms with Gasteiger partial charge in [-0.25, -0.2) is 18.7 Å². The molecule has 1 fully saturated rings. The number of benzene rings is 1. The minimum atomic E-state index is -4.42. The molecule has 1 aliphatic rings. The fraction of sp³-hybridized carbons (Fsp3) is 0.556. The minimum Gasteiger partial charge on any atom is -0.444 e. The van der Waals surface area contributed by atoms with E-state index in [1.54, 1.807) is 25.1 Å². The van der Waals surface area contributed by atoms with Gasteiger partial charge >= 0.3 is 6.18 Å². The molecule has 0 bridgehead atoms. The highest BCUT2D eigenvalue weighted by Crippen LogP contribution is 2.45. The molecule has 0 aliphatic heterocycles. The molecule has 1 saturated carbocycles. The molecular formula is C27H32F5N5O3. The van der Waals surface area contributed by atoms with Crippen LogP contribution in [0.15, 0.2) is 22.6 Å². The number of halogens is 5. The molecule has 4 N–H and O–H groups in total. The number of carbonyl (C=O) groups is 2. The third-order valence-corrected chi connectivity index (χ3v) is 7.26. The maximum Gasteiger partial charge on any atom is 0.389 e. The van der Waals surface area contributed by atoms with Gasteiger partial charge in [0.15, 0.2) is 5.69 Å². The summed E-state index contributed by atoms with van der Waals surface area (Å²) in [5.41, 5.74) is 7.27. The van der Waals surface area contributed by atoms with Crippen LogP contribution in [0.4, 0.5) is 22.0 Å². The molecule has 0 radical (unpaired) electrons. The van der Waals surface area contributed by atoms with Crippen molar-refractivity contribution in [2.24, 2.45) is 11.7 Å². The van der Waals surface area contributed by atoms with E-state index in [0.29, 0.717) is 28.2 Å². The van der Waals surface area contributed by atoms with Gasteiger partial charge in [0.2, 0.25) is 17.7 Å². The minimum absolute atomic E-state index is 0.00961. The van der Waals surface area contributed by atoms with E-state index in [-0.39, 0.29) is 49.1 Å². The van der Waals surface area contributed by atoms with Crippen LogP contribution in [0.25, 0.3) is 11.0 Å². The summed E-state index contributed by atoms with van der Waals surface area (Å²) >= 11 is 0. The fourth-order valence-electron chi connectivity index (χ4n) is 5.10. The van der Waals surface area contributed by atoms with Gasteiger partial charge in [-0.2, -0.15) is 13.2 Å². The number of nitrogens with zero attached hydrogens (tertiary/aromatic N) is 2. The van der Waals surface area contributed by atoms with Gasteiger partial charge < -0.3 is 20.5 Å². The van der Waals surface area contributed by atoms with Crippen LogP contribution < -0.4 is 11.1 Å². The number of H-pyrrole nitrogens is 1. The van der Waals surface area contributed by atoms with Crippen LogP contribution in [0.3, 0.4) is 0 Å². The van der Waals surface area contributed by atoms with Gasteiger partial charge in [0.05, 0.1) is 29.4 Å². The number of imidazole rings is 1. The van der Waals surface area contributed by atoms with Crippen LogP contribution in [-0.2, 0) is 4.79 Å². The van der Waals surface area contributed by atoms with Crippen molar-refractivity contribution in [3.63, 3.8) is 0 Å². The van der Waals surface area contributed by atoms with Crippen molar-refractivity contribution >= 4 is 22.8 Å². The van der Waals surface area contributed by atoms with Crippen LogP contribution in [-0.4, -0.2) is 38.9 Å². The fourth-order valence-corrected chi connectivity index (χ4v) is 5.10. The summed E-state index contributed by atoms with van der Waals surface area (Å²) in [5.74, 6) is -4.51. The first-order valence-electron chi connectivity index (χ1n) is 13.2. The number of aromatic amines is 1. The number of nitrogens with two attached hydrogens (primary N) is 1. The summed E-state index contributed by atoms with van der Waals surface area (Å²) in [6.07, 6.45) is -6.53. The molecule has 2 aromatic heterocycles. The molecule has 2 atom stereocenters. The number of hydrogen-bond acceptors (Lipinski definition) is 5. The monoisotopic (exact) mass is 569 g/mol. The Morgan fingerprint density at radius 1 is 1.18 bits per heavy atom. The normalized spacial score (nSPS) is 17.7. The van der Waals surface area contributed by atoms with E-state index in [9.17, 15) is 31.5 Å². The highest BCUT2D eigenvalue weighted by Gasteiger charge is 2.42. The number of oxazole rings is 1. The molecule has 4 rings (SSSR count). The molecule has 13 heteroatoms. The van der Waals surface area contributed by atoms with Crippen LogP contribution in [0, 0.1) is 5.92 Å². The van der Waals surface area contributed by atoms with Gasteiger partial charge in [-0.3, -0.25) is 9.59 Å². The highest BCUT2D eigenvalue weighted by molar-refractivity contribution is 5.92. The third-order valence-electron chi connectivity index (χ3n) is 7.26. The predicted octanol–water partition coefficient (Wildman–Crippen LogP) is 6.25. The maximum atomic E-state index is 14.0. The van der Waals surface area contributed by atoms with Gasteiger partial charge in [-0.15, -0.1) is 0 Å². The van der Waals surface area contributed by atoms with E-state index >= 15 is 0 Å². The molecule has 1 aliphatic carbocycles. The smallest absolute Gasteiger partial charge is 0.389 e. The number of carbonyl (C=O) groups excluding carboxylic acids is 2.